The van der Waals surface area contributed by atoms with Crippen LogP contribution in [0.3, 0.4) is 0 Å². The van der Waals surface area contributed by atoms with Crippen LogP contribution in [-0.4, -0.2) is 10.2 Å². The number of hydrogen-bond acceptors (Lipinski definition) is 2. The van der Waals surface area contributed by atoms with Crippen molar-refractivity contribution < 1.29 is 23.4 Å². The molecule has 4 aromatic carbocycles. The number of halogens is 3. The summed E-state index contributed by atoms with van der Waals surface area (Å²) < 4.78 is 43.4. The number of aliphatic hydroxyl groups is 1. The Morgan fingerprint density at radius 1 is 0.714 bits per heavy atom. The summed E-state index contributed by atoms with van der Waals surface area (Å²) >= 11 is 0. The third-order valence-corrected chi connectivity index (χ3v) is 5.91. The summed E-state index contributed by atoms with van der Waals surface area (Å²) in [6, 6.07) is 20.9. The molecular formula is C30H25F3O2. The second-order valence-corrected chi connectivity index (χ2v) is 8.38. The van der Waals surface area contributed by atoms with E-state index in [0.717, 1.165) is 17.5 Å². The van der Waals surface area contributed by atoms with E-state index in [1.54, 1.807) is 78.9 Å². The van der Waals surface area contributed by atoms with Gasteiger partial charge in [0.1, 0.15) is 0 Å². The minimum atomic E-state index is -0.930. The number of benzene rings is 4. The van der Waals surface area contributed by atoms with Gasteiger partial charge in [0.25, 0.3) is 0 Å². The fourth-order valence-electron chi connectivity index (χ4n) is 3.91. The van der Waals surface area contributed by atoms with E-state index < -0.39 is 29.3 Å². The van der Waals surface area contributed by atoms with Gasteiger partial charge in [-0.1, -0.05) is 92.2 Å². The molecular weight excluding hydrogens is 449 g/mol. The van der Waals surface area contributed by atoms with E-state index in [2.05, 4.69) is 0 Å². The van der Waals surface area contributed by atoms with Gasteiger partial charge in [-0.15, -0.1) is 0 Å². The van der Waals surface area contributed by atoms with Gasteiger partial charge in [-0.25, -0.2) is 13.2 Å². The predicted molar refractivity (Wildman–Crippen MR) is 134 cm³/mol. The molecule has 0 aliphatic carbocycles. The summed E-state index contributed by atoms with van der Waals surface area (Å²) in [6.07, 6.45) is 4.37. The monoisotopic (exact) mass is 474 g/mol. The Balaban J connectivity index is 1.54. The van der Waals surface area contributed by atoms with Crippen molar-refractivity contribution in [3.63, 3.8) is 0 Å². The molecule has 0 aromatic heterocycles. The van der Waals surface area contributed by atoms with Crippen molar-refractivity contribution in [2.45, 2.75) is 25.9 Å². The molecule has 4 rings (SSSR count). The van der Waals surface area contributed by atoms with E-state index in [1.807, 2.05) is 6.92 Å². The first kappa shape index (κ1) is 24.3. The first-order valence-electron chi connectivity index (χ1n) is 11.4. The lowest BCUT2D eigenvalue weighted by molar-refractivity contribution is 0.166. The van der Waals surface area contributed by atoms with Gasteiger partial charge in [0.2, 0.25) is 0 Å². The molecule has 2 nitrogen and oxygen atoms in total. The molecule has 0 aliphatic heterocycles. The lowest BCUT2D eigenvalue weighted by Gasteiger charge is -2.12. The SMILES string of the molecule is CCCC(O)c1ccc(-c2ccc(-c3ccc(/C=C/c4ccc(O)c(F)c4)cc3)c(F)c2F)cc1. The largest absolute Gasteiger partial charge is 0.505 e. The highest BCUT2D eigenvalue weighted by Gasteiger charge is 2.16. The standard InChI is InChI=1S/C30H25F3O2/c1-2-3-27(34)23-13-11-22(12-14-23)25-16-15-24(29(32)30(25)33)21-9-6-19(7-10-21)4-5-20-8-17-28(35)26(31)18-20/h4-18,27,34-35H,2-3H2,1H3/b5-4+. The number of phenolic OH excluding ortho intramolecular Hbond substituents is 1. The minimum Gasteiger partial charge on any atom is -0.505 e. The maximum atomic E-state index is 15.0. The summed E-state index contributed by atoms with van der Waals surface area (Å²) in [7, 11) is 0. The molecule has 178 valence electrons. The average molecular weight is 475 g/mol. The molecule has 0 aliphatic rings. The predicted octanol–water partition coefficient (Wildman–Crippen LogP) is 8.15. The Kier molecular flexibility index (Phi) is 7.37. The quantitative estimate of drug-likeness (QED) is 0.265. The van der Waals surface area contributed by atoms with E-state index in [9.17, 15) is 23.4 Å². The second-order valence-electron chi connectivity index (χ2n) is 8.38. The van der Waals surface area contributed by atoms with Gasteiger partial charge < -0.3 is 10.2 Å². The van der Waals surface area contributed by atoms with Crippen LogP contribution < -0.4 is 0 Å². The Morgan fingerprint density at radius 3 is 1.77 bits per heavy atom. The molecule has 35 heavy (non-hydrogen) atoms. The fourth-order valence-corrected chi connectivity index (χ4v) is 3.91. The first-order valence-corrected chi connectivity index (χ1v) is 11.4. The summed E-state index contributed by atoms with van der Waals surface area (Å²) in [6.45, 7) is 1.99. The molecule has 0 saturated carbocycles. The molecule has 4 aromatic rings. The van der Waals surface area contributed by atoms with Crippen LogP contribution in [0.25, 0.3) is 34.4 Å². The number of rotatable bonds is 7. The van der Waals surface area contributed by atoms with Crippen LogP contribution in [0.2, 0.25) is 0 Å². The molecule has 1 unspecified atom stereocenters. The van der Waals surface area contributed by atoms with Crippen LogP contribution in [-0.2, 0) is 0 Å². The maximum Gasteiger partial charge on any atom is 0.167 e. The maximum absolute atomic E-state index is 15.0. The van der Waals surface area contributed by atoms with Crippen LogP contribution in [0, 0.1) is 17.5 Å². The molecule has 0 amide bonds. The Labute approximate surface area is 202 Å². The van der Waals surface area contributed by atoms with Gasteiger partial charge in [-0.2, -0.15) is 0 Å². The summed E-state index contributed by atoms with van der Waals surface area (Å²) in [4.78, 5) is 0. The van der Waals surface area contributed by atoms with E-state index >= 15 is 0 Å². The van der Waals surface area contributed by atoms with Crippen LogP contribution in [0.1, 0.15) is 42.6 Å². The van der Waals surface area contributed by atoms with Gasteiger partial charge in [0.15, 0.2) is 23.2 Å². The van der Waals surface area contributed by atoms with Crippen molar-refractivity contribution in [2.24, 2.45) is 0 Å². The Bertz CT molecular complexity index is 1340. The molecule has 0 bridgehead atoms. The molecule has 2 N–H and O–H groups in total. The van der Waals surface area contributed by atoms with Gasteiger partial charge in [0, 0.05) is 11.1 Å². The van der Waals surface area contributed by atoms with Crippen LogP contribution in [0.4, 0.5) is 13.2 Å². The van der Waals surface area contributed by atoms with Gasteiger partial charge in [0.05, 0.1) is 6.10 Å². The van der Waals surface area contributed by atoms with E-state index in [1.165, 1.54) is 12.1 Å². The summed E-state index contributed by atoms with van der Waals surface area (Å²) in [5.41, 5.74) is 3.50. The molecule has 0 radical (unpaired) electrons. The molecule has 5 heteroatoms. The average Bonchev–Trinajstić information content (AvgIpc) is 2.87. The van der Waals surface area contributed by atoms with Crippen molar-refractivity contribution in [1.29, 1.82) is 0 Å². The zero-order chi connectivity index (χ0) is 24.9. The summed E-state index contributed by atoms with van der Waals surface area (Å²) in [5.74, 6) is -2.97. The van der Waals surface area contributed by atoms with Crippen molar-refractivity contribution in [3.8, 4) is 28.0 Å². The third kappa shape index (κ3) is 5.47. The highest BCUT2D eigenvalue weighted by Crippen LogP contribution is 2.32. The van der Waals surface area contributed by atoms with Crippen LogP contribution >= 0.6 is 0 Å². The second kappa shape index (κ2) is 10.6. The first-order chi connectivity index (χ1) is 16.9. The lowest BCUT2D eigenvalue weighted by Crippen LogP contribution is -1.97. The van der Waals surface area contributed by atoms with Gasteiger partial charge >= 0.3 is 0 Å². The Morgan fingerprint density at radius 2 is 1.23 bits per heavy atom. The molecule has 0 spiro atoms. The normalized spacial score (nSPS) is 12.3. The van der Waals surface area contributed by atoms with Crippen molar-refractivity contribution in [3.05, 3.63) is 113 Å². The van der Waals surface area contributed by atoms with Crippen molar-refractivity contribution in [2.75, 3.05) is 0 Å². The number of aromatic hydroxyl groups is 1. The molecule has 0 fully saturated rings. The van der Waals surface area contributed by atoms with E-state index in [-0.39, 0.29) is 11.1 Å². The zero-order valence-electron chi connectivity index (χ0n) is 19.2. The van der Waals surface area contributed by atoms with Crippen molar-refractivity contribution >= 4 is 12.2 Å². The summed E-state index contributed by atoms with van der Waals surface area (Å²) in [5, 5.41) is 19.4. The smallest absolute Gasteiger partial charge is 0.167 e. The fraction of sp³-hybridized carbons (Fsp3) is 0.133. The lowest BCUT2D eigenvalue weighted by atomic mass is 9.96. The van der Waals surface area contributed by atoms with E-state index in [4.69, 9.17) is 0 Å². The van der Waals surface area contributed by atoms with Crippen LogP contribution in [0.5, 0.6) is 5.75 Å². The third-order valence-electron chi connectivity index (χ3n) is 5.91. The molecule has 1 atom stereocenters. The van der Waals surface area contributed by atoms with Gasteiger partial charge in [-0.3, -0.25) is 0 Å². The number of hydrogen-bond donors (Lipinski definition) is 2. The molecule has 0 heterocycles. The zero-order valence-corrected chi connectivity index (χ0v) is 19.2. The number of aliphatic hydroxyl groups excluding tert-OH is 1. The highest BCUT2D eigenvalue weighted by molar-refractivity contribution is 5.74. The van der Waals surface area contributed by atoms with Crippen LogP contribution in [0.15, 0.2) is 78.9 Å². The van der Waals surface area contributed by atoms with Crippen molar-refractivity contribution in [1.82, 2.24) is 0 Å². The molecule has 0 saturated heterocycles. The topological polar surface area (TPSA) is 40.5 Å². The van der Waals surface area contributed by atoms with Gasteiger partial charge in [-0.05, 0) is 46.4 Å². The highest BCUT2D eigenvalue weighted by atomic mass is 19.2. The minimum absolute atomic E-state index is 0.150. The Hall–Kier alpha value is -3.83. The van der Waals surface area contributed by atoms with E-state index in [0.29, 0.717) is 23.1 Å². The number of phenols is 1.